The van der Waals surface area contributed by atoms with E-state index in [1.807, 2.05) is 28.8 Å². The summed E-state index contributed by atoms with van der Waals surface area (Å²) >= 11 is 0. The van der Waals surface area contributed by atoms with Gasteiger partial charge < -0.3 is 14.9 Å². The standard InChI is InChI=1S/C20H20N4O2/c25-19-6-3-15-12-16(23-20(26)17-2-1-9-22-17)4-5-18(15)24(19)13-14-7-10-21-11-8-14/h1-3,6-11,16,22H,4-5,12-13H2,(H,23,26)/t16-/m1/s1. The third-order valence-electron chi connectivity index (χ3n) is 4.85. The van der Waals surface area contributed by atoms with Crippen molar-refractivity contribution in [2.24, 2.45) is 0 Å². The van der Waals surface area contributed by atoms with E-state index in [4.69, 9.17) is 0 Å². The Bertz CT molecular complexity index is 961. The van der Waals surface area contributed by atoms with E-state index in [0.717, 1.165) is 36.1 Å². The largest absolute Gasteiger partial charge is 0.357 e. The summed E-state index contributed by atoms with van der Waals surface area (Å²) in [5, 5.41) is 3.08. The number of H-pyrrole nitrogens is 1. The molecule has 0 spiro atoms. The molecule has 0 unspecified atom stereocenters. The number of pyridine rings is 2. The summed E-state index contributed by atoms with van der Waals surface area (Å²) < 4.78 is 1.84. The summed E-state index contributed by atoms with van der Waals surface area (Å²) in [6, 6.07) is 11.0. The summed E-state index contributed by atoms with van der Waals surface area (Å²) in [4.78, 5) is 31.6. The number of amides is 1. The molecular formula is C20H20N4O2. The molecule has 0 aromatic carbocycles. The van der Waals surface area contributed by atoms with Gasteiger partial charge in [-0.15, -0.1) is 0 Å². The summed E-state index contributed by atoms with van der Waals surface area (Å²) in [5.41, 5.74) is 3.83. The van der Waals surface area contributed by atoms with Crippen LogP contribution in [-0.2, 0) is 19.4 Å². The lowest BCUT2D eigenvalue weighted by Gasteiger charge is -2.27. The number of carbonyl (C=O) groups is 1. The molecule has 2 N–H and O–H groups in total. The Morgan fingerprint density at radius 3 is 2.85 bits per heavy atom. The smallest absolute Gasteiger partial charge is 0.267 e. The molecule has 3 aromatic heterocycles. The Hall–Kier alpha value is -3.15. The van der Waals surface area contributed by atoms with Crippen molar-refractivity contribution in [2.75, 3.05) is 0 Å². The van der Waals surface area contributed by atoms with E-state index >= 15 is 0 Å². The molecule has 3 aromatic rings. The van der Waals surface area contributed by atoms with Crippen LogP contribution in [-0.4, -0.2) is 26.5 Å². The predicted molar refractivity (Wildman–Crippen MR) is 98.1 cm³/mol. The second-order valence-corrected chi connectivity index (χ2v) is 6.58. The van der Waals surface area contributed by atoms with Crippen LogP contribution in [0, 0.1) is 0 Å². The van der Waals surface area contributed by atoms with Crippen LogP contribution in [0.5, 0.6) is 0 Å². The third kappa shape index (κ3) is 3.31. The van der Waals surface area contributed by atoms with Gasteiger partial charge in [0.1, 0.15) is 5.69 Å². The Morgan fingerprint density at radius 2 is 2.08 bits per heavy atom. The number of nitrogens with one attached hydrogen (secondary N) is 2. The zero-order valence-electron chi connectivity index (χ0n) is 14.3. The minimum absolute atomic E-state index is 0.00873. The van der Waals surface area contributed by atoms with E-state index in [9.17, 15) is 9.59 Å². The van der Waals surface area contributed by atoms with Gasteiger partial charge in [-0.3, -0.25) is 14.6 Å². The first-order chi connectivity index (χ1) is 12.7. The van der Waals surface area contributed by atoms with Crippen LogP contribution in [0.2, 0.25) is 0 Å². The van der Waals surface area contributed by atoms with E-state index in [1.54, 1.807) is 30.7 Å². The lowest BCUT2D eigenvalue weighted by Crippen LogP contribution is -2.40. The molecule has 0 saturated carbocycles. The van der Waals surface area contributed by atoms with Crippen molar-refractivity contribution in [3.63, 3.8) is 0 Å². The van der Waals surface area contributed by atoms with E-state index in [1.165, 1.54) is 0 Å². The second kappa shape index (κ2) is 7.00. The van der Waals surface area contributed by atoms with E-state index in [-0.39, 0.29) is 17.5 Å². The molecule has 3 heterocycles. The highest BCUT2D eigenvalue weighted by Gasteiger charge is 2.23. The maximum Gasteiger partial charge on any atom is 0.267 e. The number of hydrogen-bond acceptors (Lipinski definition) is 3. The number of aromatic nitrogens is 3. The highest BCUT2D eigenvalue weighted by molar-refractivity contribution is 5.92. The minimum Gasteiger partial charge on any atom is -0.357 e. The predicted octanol–water partition coefficient (Wildman–Crippen LogP) is 1.91. The fourth-order valence-electron chi connectivity index (χ4n) is 3.53. The molecule has 0 fully saturated rings. The van der Waals surface area contributed by atoms with E-state index < -0.39 is 0 Å². The number of fused-ring (bicyclic) bond motifs is 1. The van der Waals surface area contributed by atoms with Gasteiger partial charge >= 0.3 is 0 Å². The van der Waals surface area contributed by atoms with Crippen molar-refractivity contribution in [1.29, 1.82) is 0 Å². The van der Waals surface area contributed by atoms with Crippen molar-refractivity contribution < 1.29 is 4.79 Å². The van der Waals surface area contributed by atoms with Crippen molar-refractivity contribution in [2.45, 2.75) is 31.8 Å². The van der Waals surface area contributed by atoms with Crippen molar-refractivity contribution in [3.05, 3.63) is 87.9 Å². The zero-order valence-corrected chi connectivity index (χ0v) is 14.3. The van der Waals surface area contributed by atoms with Crippen LogP contribution in [0.1, 0.15) is 33.7 Å². The average Bonchev–Trinajstić information content (AvgIpc) is 3.20. The van der Waals surface area contributed by atoms with Crippen molar-refractivity contribution in [3.8, 4) is 0 Å². The maximum atomic E-state index is 12.4. The van der Waals surface area contributed by atoms with E-state index in [0.29, 0.717) is 12.2 Å². The molecule has 1 aliphatic rings. The Balaban J connectivity index is 1.54. The molecule has 4 rings (SSSR count). The first-order valence-electron chi connectivity index (χ1n) is 8.75. The topological polar surface area (TPSA) is 79.8 Å². The molecular weight excluding hydrogens is 328 g/mol. The fourth-order valence-corrected chi connectivity index (χ4v) is 3.53. The number of aromatic amines is 1. The SMILES string of the molecule is O=C(N[C@@H]1CCc2c(ccc(=O)n2Cc2ccncc2)C1)c1ccc[nH]1. The quantitative estimate of drug-likeness (QED) is 0.756. The molecule has 1 amide bonds. The number of rotatable bonds is 4. The molecule has 1 aliphatic carbocycles. The van der Waals surface area contributed by atoms with Gasteiger partial charge in [0.25, 0.3) is 11.5 Å². The maximum absolute atomic E-state index is 12.4. The van der Waals surface area contributed by atoms with Gasteiger partial charge in [-0.05, 0) is 54.7 Å². The number of nitrogens with zero attached hydrogens (tertiary/aromatic N) is 2. The van der Waals surface area contributed by atoms with Crippen LogP contribution < -0.4 is 10.9 Å². The highest BCUT2D eigenvalue weighted by atomic mass is 16.2. The molecule has 26 heavy (non-hydrogen) atoms. The summed E-state index contributed by atoms with van der Waals surface area (Å²) in [6.45, 7) is 0.546. The van der Waals surface area contributed by atoms with Crippen LogP contribution in [0.3, 0.4) is 0 Å². The van der Waals surface area contributed by atoms with Crippen LogP contribution in [0.4, 0.5) is 0 Å². The Kier molecular flexibility index (Phi) is 4.39. The van der Waals surface area contributed by atoms with Gasteiger partial charge in [0.2, 0.25) is 0 Å². The van der Waals surface area contributed by atoms with Crippen LogP contribution in [0.15, 0.2) is 59.8 Å². The lowest BCUT2D eigenvalue weighted by atomic mass is 9.91. The first-order valence-corrected chi connectivity index (χ1v) is 8.75. The van der Waals surface area contributed by atoms with Crippen LogP contribution >= 0.6 is 0 Å². The third-order valence-corrected chi connectivity index (χ3v) is 4.85. The van der Waals surface area contributed by atoms with Gasteiger partial charge in [-0.1, -0.05) is 6.07 Å². The Morgan fingerprint density at radius 1 is 1.23 bits per heavy atom. The lowest BCUT2D eigenvalue weighted by molar-refractivity contribution is 0.0929. The van der Waals surface area contributed by atoms with Gasteiger partial charge in [0.15, 0.2) is 0 Å². The molecule has 132 valence electrons. The molecule has 0 radical (unpaired) electrons. The summed E-state index contributed by atoms with van der Waals surface area (Å²) in [5.74, 6) is -0.0893. The number of hydrogen-bond donors (Lipinski definition) is 2. The van der Waals surface area contributed by atoms with Gasteiger partial charge in [0.05, 0.1) is 6.54 Å². The summed E-state index contributed by atoms with van der Waals surface area (Å²) in [6.07, 6.45) is 7.54. The average molecular weight is 348 g/mol. The number of carbonyl (C=O) groups excluding carboxylic acids is 1. The normalized spacial score (nSPS) is 16.1. The molecule has 0 saturated heterocycles. The van der Waals surface area contributed by atoms with Gasteiger partial charge in [0, 0.05) is 36.4 Å². The monoisotopic (exact) mass is 348 g/mol. The highest BCUT2D eigenvalue weighted by Crippen LogP contribution is 2.21. The molecule has 0 bridgehead atoms. The van der Waals surface area contributed by atoms with Crippen molar-refractivity contribution >= 4 is 5.91 Å². The molecule has 6 heteroatoms. The van der Waals surface area contributed by atoms with Gasteiger partial charge in [-0.2, -0.15) is 0 Å². The first kappa shape index (κ1) is 16.3. The van der Waals surface area contributed by atoms with Crippen LogP contribution in [0.25, 0.3) is 0 Å². The molecule has 6 nitrogen and oxygen atoms in total. The molecule has 0 aliphatic heterocycles. The Labute approximate surface area is 150 Å². The second-order valence-electron chi connectivity index (χ2n) is 6.58. The van der Waals surface area contributed by atoms with E-state index in [2.05, 4.69) is 15.3 Å². The fraction of sp³-hybridized carbons (Fsp3) is 0.250. The minimum atomic E-state index is -0.0893. The van der Waals surface area contributed by atoms with Gasteiger partial charge in [-0.25, -0.2) is 0 Å². The summed E-state index contributed by atoms with van der Waals surface area (Å²) in [7, 11) is 0. The molecule has 1 atom stereocenters. The zero-order chi connectivity index (χ0) is 17.9. The van der Waals surface area contributed by atoms with Crippen molar-refractivity contribution in [1.82, 2.24) is 19.9 Å².